The predicted octanol–water partition coefficient (Wildman–Crippen LogP) is -2.09. The number of ether oxygens (including phenoxy) is 2. The molecule has 134 valence electrons. The molecular weight excluding hydrogens is 383 g/mol. The van der Waals surface area contributed by atoms with E-state index in [9.17, 15) is 14.7 Å². The predicted molar refractivity (Wildman–Crippen MR) is 92.9 cm³/mol. The van der Waals surface area contributed by atoms with E-state index in [-0.39, 0.29) is 57.1 Å². The van der Waals surface area contributed by atoms with Gasteiger partial charge in [0.2, 0.25) is 5.91 Å². The number of rotatable bonds is 7. The first-order valence-electron chi connectivity index (χ1n) is 7.50. The molecule has 0 aliphatic rings. The molecule has 1 N–H and O–H groups in total. The van der Waals surface area contributed by atoms with Crippen molar-refractivity contribution in [2.24, 2.45) is 0 Å². The van der Waals surface area contributed by atoms with Crippen molar-refractivity contribution in [3.63, 3.8) is 0 Å². The molecule has 0 bridgehead atoms. The number of nitrogens with zero attached hydrogens (tertiary/aromatic N) is 1. The van der Waals surface area contributed by atoms with E-state index in [1.807, 2.05) is 13.0 Å². The Bertz CT molecular complexity index is 815. The van der Waals surface area contributed by atoms with Crippen molar-refractivity contribution in [1.82, 2.24) is 10.3 Å². The Labute approximate surface area is 198 Å². The third-order valence-electron chi connectivity index (χ3n) is 3.48. The fraction of sp³-hybridized carbons (Fsp3) is 0.353. The molecule has 2 aromatic rings. The monoisotopic (exact) mass is 402 g/mol. The van der Waals surface area contributed by atoms with E-state index < -0.39 is 17.9 Å². The average Bonchev–Trinajstić information content (AvgIpc) is 2.56. The van der Waals surface area contributed by atoms with Gasteiger partial charge in [0, 0.05) is 23.3 Å². The largest absolute Gasteiger partial charge is 1.00 e. The molecule has 1 unspecified atom stereocenters. The van der Waals surface area contributed by atoms with Crippen LogP contribution in [-0.2, 0) is 9.59 Å². The van der Waals surface area contributed by atoms with Gasteiger partial charge in [-0.15, -0.1) is 11.8 Å². The Morgan fingerprint density at radius 2 is 1.88 bits per heavy atom. The summed E-state index contributed by atoms with van der Waals surface area (Å²) in [6.45, 7) is 3.10. The van der Waals surface area contributed by atoms with Crippen LogP contribution in [0, 0.1) is 6.92 Å². The molecule has 0 spiro atoms. The zero-order valence-corrected chi connectivity index (χ0v) is 19.4. The standard InChI is InChI=1S/C17H20N2O5S.K/c1-9-7-14(25-8-11(17(21)22)19-10(2)20)15-12(23-3)5-6-13(24-4)16(15)18-9;/h5-7,11H,8H2,1-4H3,(H,19,20)(H,21,22);/q;+1/p-1. The van der Waals surface area contributed by atoms with Crippen LogP contribution in [0.2, 0.25) is 0 Å². The molecular formula is C17H19KN2O5S. The molecule has 1 amide bonds. The fourth-order valence-corrected chi connectivity index (χ4v) is 3.57. The maximum Gasteiger partial charge on any atom is 1.00 e. The van der Waals surface area contributed by atoms with E-state index in [2.05, 4.69) is 10.3 Å². The normalized spacial score (nSPS) is 11.4. The van der Waals surface area contributed by atoms with Crippen LogP contribution in [0.3, 0.4) is 0 Å². The molecule has 1 aromatic carbocycles. The summed E-state index contributed by atoms with van der Waals surface area (Å²) in [4.78, 5) is 27.7. The van der Waals surface area contributed by atoms with Crippen molar-refractivity contribution in [3.05, 3.63) is 23.9 Å². The van der Waals surface area contributed by atoms with E-state index >= 15 is 0 Å². The number of hydrogen-bond acceptors (Lipinski definition) is 7. The zero-order valence-electron chi connectivity index (χ0n) is 15.4. The van der Waals surface area contributed by atoms with Gasteiger partial charge in [0.1, 0.15) is 17.0 Å². The summed E-state index contributed by atoms with van der Waals surface area (Å²) in [6, 6.07) is 4.28. The van der Waals surface area contributed by atoms with Gasteiger partial charge in [-0.2, -0.15) is 0 Å². The molecule has 2 rings (SSSR count). The number of aliphatic carboxylic acids is 1. The van der Waals surface area contributed by atoms with Crippen LogP contribution in [0.25, 0.3) is 10.9 Å². The number of carboxylic acids is 1. The minimum atomic E-state index is -1.33. The third-order valence-corrected chi connectivity index (χ3v) is 4.62. The molecule has 0 aliphatic heterocycles. The van der Waals surface area contributed by atoms with Crippen LogP contribution in [0.4, 0.5) is 0 Å². The second-order valence-corrected chi connectivity index (χ2v) is 6.40. The van der Waals surface area contributed by atoms with Crippen LogP contribution >= 0.6 is 11.8 Å². The Morgan fingerprint density at radius 3 is 2.42 bits per heavy atom. The molecule has 0 saturated heterocycles. The summed E-state index contributed by atoms with van der Waals surface area (Å²) in [5, 5.41) is 14.3. The first-order valence-corrected chi connectivity index (χ1v) is 8.49. The van der Waals surface area contributed by atoms with Gasteiger partial charge in [-0.3, -0.25) is 4.79 Å². The maximum atomic E-state index is 11.2. The number of carbonyl (C=O) groups is 2. The second kappa shape index (κ2) is 10.5. The number of aryl methyl sites for hydroxylation is 1. The van der Waals surface area contributed by atoms with Crippen LogP contribution in [0.5, 0.6) is 11.5 Å². The number of methoxy groups -OCH3 is 2. The molecule has 0 fully saturated rings. The quantitative estimate of drug-likeness (QED) is 0.419. The summed E-state index contributed by atoms with van der Waals surface area (Å²) in [5.74, 6) is -0.442. The van der Waals surface area contributed by atoms with Gasteiger partial charge < -0.3 is 24.7 Å². The molecule has 7 nitrogen and oxygen atoms in total. The number of carboxylic acid groups (broad SMARTS) is 1. The van der Waals surface area contributed by atoms with Crippen molar-refractivity contribution in [1.29, 1.82) is 0 Å². The number of benzene rings is 1. The van der Waals surface area contributed by atoms with Gasteiger partial charge in [0.15, 0.2) is 0 Å². The summed E-state index contributed by atoms with van der Waals surface area (Å²) in [7, 11) is 3.11. The van der Waals surface area contributed by atoms with E-state index in [0.717, 1.165) is 16.0 Å². The smallest absolute Gasteiger partial charge is 0.548 e. The Hall–Kier alpha value is -0.844. The summed E-state index contributed by atoms with van der Waals surface area (Å²) < 4.78 is 10.8. The Kier molecular flexibility index (Phi) is 9.35. The number of thioether (sulfide) groups is 1. The van der Waals surface area contributed by atoms with Gasteiger partial charge in [-0.25, -0.2) is 4.98 Å². The molecule has 9 heteroatoms. The van der Waals surface area contributed by atoms with E-state index in [0.29, 0.717) is 17.0 Å². The number of carbonyl (C=O) groups excluding carboxylic acids is 2. The molecule has 0 radical (unpaired) electrons. The number of amides is 1. The summed E-state index contributed by atoms with van der Waals surface area (Å²) in [5.41, 5.74) is 1.39. The van der Waals surface area contributed by atoms with Crippen molar-refractivity contribution >= 4 is 34.5 Å². The van der Waals surface area contributed by atoms with Gasteiger partial charge in [0.05, 0.1) is 31.6 Å². The fourth-order valence-electron chi connectivity index (χ4n) is 2.41. The summed E-state index contributed by atoms with van der Waals surface area (Å²) in [6.07, 6.45) is 0. The first kappa shape index (κ1) is 23.2. The van der Waals surface area contributed by atoms with Crippen molar-refractivity contribution in [3.8, 4) is 11.5 Å². The number of pyridine rings is 1. The molecule has 1 heterocycles. The van der Waals surface area contributed by atoms with E-state index in [4.69, 9.17) is 9.47 Å². The molecule has 0 saturated carbocycles. The van der Waals surface area contributed by atoms with Crippen molar-refractivity contribution < 1.29 is 75.6 Å². The number of aromatic nitrogens is 1. The van der Waals surface area contributed by atoms with Crippen LogP contribution < -0.4 is 71.3 Å². The van der Waals surface area contributed by atoms with Gasteiger partial charge in [-0.1, -0.05) is 0 Å². The van der Waals surface area contributed by atoms with E-state index in [1.165, 1.54) is 18.7 Å². The third kappa shape index (κ3) is 5.57. The molecule has 1 atom stereocenters. The summed E-state index contributed by atoms with van der Waals surface area (Å²) >= 11 is 1.28. The second-order valence-electron chi connectivity index (χ2n) is 5.34. The molecule has 1 aromatic heterocycles. The van der Waals surface area contributed by atoms with Gasteiger partial charge in [-0.05, 0) is 25.1 Å². The Balaban J connectivity index is 0.00000338. The maximum absolute atomic E-state index is 11.2. The molecule has 0 aliphatic carbocycles. The van der Waals surface area contributed by atoms with Crippen LogP contribution in [0.15, 0.2) is 23.1 Å². The Morgan fingerprint density at radius 1 is 1.27 bits per heavy atom. The first-order chi connectivity index (χ1) is 11.9. The number of hydrogen-bond donors (Lipinski definition) is 1. The minimum Gasteiger partial charge on any atom is -0.548 e. The topological polar surface area (TPSA) is 101 Å². The van der Waals surface area contributed by atoms with Crippen LogP contribution in [0.1, 0.15) is 12.6 Å². The zero-order chi connectivity index (χ0) is 18.6. The van der Waals surface area contributed by atoms with Gasteiger partial charge >= 0.3 is 51.4 Å². The SMILES string of the molecule is COc1ccc(OC)c2c(SCC(NC(C)=O)C(=O)[O-])cc(C)nc12.[K+]. The van der Waals surface area contributed by atoms with E-state index in [1.54, 1.807) is 26.4 Å². The van der Waals surface area contributed by atoms with Crippen LogP contribution in [-0.4, -0.2) is 42.9 Å². The average molecular weight is 403 g/mol. The van der Waals surface area contributed by atoms with Crippen molar-refractivity contribution in [2.75, 3.05) is 20.0 Å². The number of fused-ring (bicyclic) bond motifs is 1. The number of nitrogens with one attached hydrogen (secondary N) is 1. The molecule has 26 heavy (non-hydrogen) atoms. The van der Waals surface area contributed by atoms with Crippen molar-refractivity contribution in [2.45, 2.75) is 24.8 Å². The van der Waals surface area contributed by atoms with Gasteiger partial charge in [0.25, 0.3) is 0 Å². The minimum absolute atomic E-state index is 0.